The summed E-state index contributed by atoms with van der Waals surface area (Å²) < 4.78 is 6.14. The summed E-state index contributed by atoms with van der Waals surface area (Å²) in [5, 5.41) is 7.09. The molecule has 1 aromatic heterocycles. The number of amides is 1. The summed E-state index contributed by atoms with van der Waals surface area (Å²) in [6.07, 6.45) is 0. The molecule has 0 radical (unpaired) electrons. The number of carbonyl (C=O) groups is 1. The number of aromatic nitrogens is 1. The van der Waals surface area contributed by atoms with E-state index in [0.29, 0.717) is 0 Å². The molecular formula is C18H25BrN4O2+2. The lowest BCUT2D eigenvalue weighted by Gasteiger charge is -2.32. The third-order valence-corrected chi connectivity index (χ3v) is 5.35. The minimum absolute atomic E-state index is 0.0560. The second kappa shape index (κ2) is 8.12. The fraction of sp³-hybridized carbons (Fsp3) is 0.444. The first-order valence-corrected chi connectivity index (χ1v) is 9.47. The summed E-state index contributed by atoms with van der Waals surface area (Å²) in [4.78, 5) is 15.3. The van der Waals surface area contributed by atoms with Gasteiger partial charge < -0.3 is 19.6 Å². The van der Waals surface area contributed by atoms with Crippen molar-refractivity contribution in [2.24, 2.45) is 0 Å². The van der Waals surface area contributed by atoms with Crippen LogP contribution in [0.1, 0.15) is 18.4 Å². The summed E-state index contributed by atoms with van der Waals surface area (Å²) in [6.45, 7) is 8.87. The number of benzene rings is 1. The molecule has 0 bridgehead atoms. The van der Waals surface area contributed by atoms with Crippen molar-refractivity contribution >= 4 is 27.5 Å². The molecule has 0 saturated carbocycles. The van der Waals surface area contributed by atoms with E-state index in [9.17, 15) is 4.79 Å². The second-order valence-electron chi connectivity index (χ2n) is 6.73. The molecule has 1 saturated heterocycles. The van der Waals surface area contributed by atoms with Crippen LogP contribution in [0.15, 0.2) is 39.3 Å². The Balaban J connectivity index is 1.48. The second-order valence-corrected chi connectivity index (χ2v) is 7.65. The van der Waals surface area contributed by atoms with Crippen LogP contribution in [-0.4, -0.2) is 43.3 Å². The van der Waals surface area contributed by atoms with Crippen LogP contribution in [0.3, 0.4) is 0 Å². The first kappa shape index (κ1) is 18.1. The van der Waals surface area contributed by atoms with Crippen molar-refractivity contribution in [1.29, 1.82) is 0 Å². The SMILES string of the molecule is Cc1cc(C[NH+]2CC[NH+]([C@H](C)C(=O)Nc3ccc(Br)cc3)CC2)no1. The topological polar surface area (TPSA) is 64.0 Å². The molecule has 0 unspecified atom stereocenters. The van der Waals surface area contributed by atoms with E-state index in [-0.39, 0.29) is 11.9 Å². The van der Waals surface area contributed by atoms with Crippen LogP contribution in [0.5, 0.6) is 0 Å². The van der Waals surface area contributed by atoms with Crippen LogP contribution in [-0.2, 0) is 11.3 Å². The summed E-state index contributed by atoms with van der Waals surface area (Å²) in [6, 6.07) is 9.62. The van der Waals surface area contributed by atoms with Gasteiger partial charge in [0.1, 0.15) is 44.2 Å². The first-order valence-electron chi connectivity index (χ1n) is 8.68. The number of hydrogen-bond donors (Lipinski definition) is 3. The molecule has 1 aliphatic heterocycles. The first-order chi connectivity index (χ1) is 12.0. The number of halogens is 1. The van der Waals surface area contributed by atoms with Crippen LogP contribution in [0.2, 0.25) is 0 Å². The standard InChI is InChI=1S/C18H23BrN4O2/c1-13-11-17(21-25-13)12-22-7-9-23(10-8-22)14(2)18(24)20-16-5-3-15(19)4-6-16/h3-6,11,14H,7-10,12H2,1-2H3,(H,20,24)/p+2/t14-/m1/s1. The average molecular weight is 409 g/mol. The molecule has 0 aliphatic carbocycles. The predicted octanol–water partition coefficient (Wildman–Crippen LogP) is 0.0561. The molecule has 3 N–H and O–H groups in total. The monoisotopic (exact) mass is 408 g/mol. The largest absolute Gasteiger partial charge is 0.361 e. The zero-order valence-corrected chi connectivity index (χ0v) is 16.2. The minimum atomic E-state index is -0.0560. The van der Waals surface area contributed by atoms with E-state index < -0.39 is 0 Å². The van der Waals surface area contributed by atoms with Crippen molar-refractivity contribution in [3.8, 4) is 0 Å². The van der Waals surface area contributed by atoms with Gasteiger partial charge in [-0.25, -0.2) is 0 Å². The van der Waals surface area contributed by atoms with Crippen molar-refractivity contribution in [3.63, 3.8) is 0 Å². The molecule has 2 heterocycles. The van der Waals surface area contributed by atoms with Crippen molar-refractivity contribution < 1.29 is 19.1 Å². The van der Waals surface area contributed by atoms with Crippen LogP contribution in [0.25, 0.3) is 0 Å². The van der Waals surface area contributed by atoms with Gasteiger partial charge >= 0.3 is 0 Å². The lowest BCUT2D eigenvalue weighted by Crippen LogP contribution is -3.29. The van der Waals surface area contributed by atoms with Gasteiger partial charge in [0, 0.05) is 16.2 Å². The molecule has 0 spiro atoms. The highest BCUT2D eigenvalue weighted by molar-refractivity contribution is 9.10. The van der Waals surface area contributed by atoms with Crippen molar-refractivity contribution in [2.75, 3.05) is 31.5 Å². The third-order valence-electron chi connectivity index (χ3n) is 4.82. The van der Waals surface area contributed by atoms with E-state index in [1.165, 1.54) is 9.80 Å². The molecule has 134 valence electrons. The Kier molecular flexibility index (Phi) is 5.88. The van der Waals surface area contributed by atoms with E-state index in [1.54, 1.807) is 0 Å². The molecule has 1 amide bonds. The highest BCUT2D eigenvalue weighted by atomic mass is 79.9. The van der Waals surface area contributed by atoms with E-state index in [0.717, 1.165) is 54.3 Å². The zero-order valence-electron chi connectivity index (χ0n) is 14.6. The molecule has 1 fully saturated rings. The molecule has 1 atom stereocenters. The number of anilines is 1. The molecule has 1 aliphatic rings. The zero-order chi connectivity index (χ0) is 17.8. The third kappa shape index (κ3) is 4.90. The summed E-state index contributed by atoms with van der Waals surface area (Å²) in [7, 11) is 0. The van der Waals surface area contributed by atoms with Crippen LogP contribution in [0, 0.1) is 6.92 Å². The molecule has 7 heteroatoms. The van der Waals surface area contributed by atoms with Gasteiger partial charge in [0.25, 0.3) is 5.91 Å². The number of quaternary nitrogens is 2. The number of nitrogens with one attached hydrogen (secondary N) is 3. The van der Waals surface area contributed by atoms with Gasteiger partial charge in [-0.15, -0.1) is 0 Å². The van der Waals surface area contributed by atoms with Gasteiger partial charge in [-0.05, 0) is 38.1 Å². The smallest absolute Gasteiger partial charge is 0.282 e. The lowest BCUT2D eigenvalue weighted by atomic mass is 10.2. The number of hydrogen-bond acceptors (Lipinski definition) is 3. The van der Waals surface area contributed by atoms with Gasteiger partial charge in [-0.3, -0.25) is 4.79 Å². The Morgan fingerprint density at radius 3 is 2.56 bits per heavy atom. The van der Waals surface area contributed by atoms with Crippen molar-refractivity contribution in [3.05, 3.63) is 46.3 Å². The normalized spacial score (nSPS) is 21.7. The number of rotatable bonds is 5. The molecular weight excluding hydrogens is 384 g/mol. The van der Waals surface area contributed by atoms with Gasteiger partial charge in [0.2, 0.25) is 0 Å². The summed E-state index contributed by atoms with van der Waals surface area (Å²) in [5.74, 6) is 0.935. The molecule has 6 nitrogen and oxygen atoms in total. The Bertz CT molecular complexity index is 708. The Labute approximate surface area is 156 Å². The quantitative estimate of drug-likeness (QED) is 0.655. The fourth-order valence-electron chi connectivity index (χ4n) is 3.26. The molecule has 2 aromatic rings. The van der Waals surface area contributed by atoms with Gasteiger partial charge in [-0.2, -0.15) is 0 Å². The highest BCUT2D eigenvalue weighted by Gasteiger charge is 2.31. The minimum Gasteiger partial charge on any atom is -0.361 e. The average Bonchev–Trinajstić information content (AvgIpc) is 3.02. The number of piperazine rings is 1. The van der Waals surface area contributed by atoms with E-state index in [1.807, 2.05) is 44.2 Å². The predicted molar refractivity (Wildman–Crippen MR) is 98.6 cm³/mol. The molecule has 25 heavy (non-hydrogen) atoms. The Hall–Kier alpha value is -1.70. The van der Waals surface area contributed by atoms with E-state index in [2.05, 4.69) is 26.4 Å². The maximum atomic E-state index is 12.5. The van der Waals surface area contributed by atoms with Crippen molar-refractivity contribution in [1.82, 2.24) is 5.16 Å². The number of carbonyl (C=O) groups excluding carboxylic acids is 1. The molecule has 3 rings (SSSR count). The lowest BCUT2D eigenvalue weighted by molar-refractivity contribution is -1.02. The summed E-state index contributed by atoms with van der Waals surface area (Å²) >= 11 is 3.40. The number of nitrogens with zero attached hydrogens (tertiary/aromatic N) is 1. The van der Waals surface area contributed by atoms with Crippen LogP contribution in [0.4, 0.5) is 5.69 Å². The summed E-state index contributed by atoms with van der Waals surface area (Å²) in [5.41, 5.74) is 1.85. The van der Waals surface area contributed by atoms with Crippen LogP contribution >= 0.6 is 15.9 Å². The van der Waals surface area contributed by atoms with Gasteiger partial charge in [0.15, 0.2) is 6.04 Å². The Morgan fingerprint density at radius 2 is 1.96 bits per heavy atom. The van der Waals surface area contributed by atoms with Gasteiger partial charge in [0.05, 0.1) is 0 Å². The van der Waals surface area contributed by atoms with Crippen molar-refractivity contribution in [2.45, 2.75) is 26.4 Å². The fourth-order valence-corrected chi connectivity index (χ4v) is 3.53. The van der Waals surface area contributed by atoms with Crippen LogP contribution < -0.4 is 15.1 Å². The van der Waals surface area contributed by atoms with E-state index in [4.69, 9.17) is 4.52 Å². The van der Waals surface area contributed by atoms with E-state index >= 15 is 0 Å². The maximum Gasteiger partial charge on any atom is 0.282 e. The molecule has 1 aromatic carbocycles. The van der Waals surface area contributed by atoms with Gasteiger partial charge in [-0.1, -0.05) is 21.1 Å². The number of aryl methyl sites for hydroxylation is 1. The maximum absolute atomic E-state index is 12.5. The highest BCUT2D eigenvalue weighted by Crippen LogP contribution is 2.14. The Morgan fingerprint density at radius 1 is 1.28 bits per heavy atom.